The van der Waals surface area contributed by atoms with Crippen molar-refractivity contribution < 1.29 is 4.57 Å². The van der Waals surface area contributed by atoms with Gasteiger partial charge < -0.3 is 4.40 Å². The maximum atomic E-state index is 7.41. The third-order valence-electron chi connectivity index (χ3n) is 5.87. The second-order valence-electron chi connectivity index (χ2n) is 7.32. The molecule has 3 heterocycles. The molecule has 6 aromatic rings. The van der Waals surface area contributed by atoms with E-state index in [1.165, 1.54) is 43.7 Å². The molecule has 0 spiro atoms. The summed E-state index contributed by atoms with van der Waals surface area (Å²) in [5.74, 6) is 0. The highest BCUT2D eigenvalue weighted by Crippen LogP contribution is 2.41. The molecule has 27 heavy (non-hydrogen) atoms. The van der Waals surface area contributed by atoms with Crippen molar-refractivity contribution in [1.82, 2.24) is 4.40 Å². The van der Waals surface area contributed by atoms with Gasteiger partial charge in [0.1, 0.15) is 7.05 Å². The zero-order valence-electron chi connectivity index (χ0n) is 15.1. The molecule has 0 aliphatic heterocycles. The molecule has 0 aliphatic rings. The minimum absolute atomic E-state index is 0.684. The third-order valence-corrected chi connectivity index (χ3v) is 5.87. The lowest BCUT2D eigenvalue weighted by Gasteiger charge is -2.12. The van der Waals surface area contributed by atoms with Crippen LogP contribution in [0.5, 0.6) is 0 Å². The second-order valence-corrected chi connectivity index (χ2v) is 7.32. The van der Waals surface area contributed by atoms with E-state index in [1.54, 1.807) is 0 Å². The lowest BCUT2D eigenvalue weighted by molar-refractivity contribution is -0.643. The molecule has 3 aromatic heterocycles. The number of pyridine rings is 2. The highest BCUT2D eigenvalue weighted by molar-refractivity contribution is 6.25. The van der Waals surface area contributed by atoms with E-state index in [4.69, 9.17) is 6.57 Å². The predicted molar refractivity (Wildman–Crippen MR) is 111 cm³/mol. The van der Waals surface area contributed by atoms with Gasteiger partial charge in [-0.05, 0) is 41.5 Å². The molecule has 0 saturated heterocycles. The average Bonchev–Trinajstić information content (AvgIpc) is 3.02. The van der Waals surface area contributed by atoms with Crippen LogP contribution in [0, 0.1) is 13.5 Å². The van der Waals surface area contributed by atoms with Crippen molar-refractivity contribution in [3.8, 4) is 0 Å². The molecule has 0 unspecified atom stereocenters. The van der Waals surface area contributed by atoms with Crippen molar-refractivity contribution in [2.24, 2.45) is 7.05 Å². The van der Waals surface area contributed by atoms with Gasteiger partial charge in [-0.25, -0.2) is 9.41 Å². The van der Waals surface area contributed by atoms with Crippen LogP contribution in [0.1, 0.15) is 5.56 Å². The fraction of sp³-hybridized carbons (Fsp3) is 0.0833. The normalized spacial score (nSPS) is 12.0. The van der Waals surface area contributed by atoms with Crippen LogP contribution < -0.4 is 4.57 Å². The maximum absolute atomic E-state index is 7.41. The molecule has 0 fully saturated rings. The van der Waals surface area contributed by atoms with E-state index < -0.39 is 0 Å². The molecule has 3 aromatic carbocycles. The van der Waals surface area contributed by atoms with Crippen molar-refractivity contribution in [3.63, 3.8) is 0 Å². The van der Waals surface area contributed by atoms with Crippen molar-refractivity contribution in [3.05, 3.63) is 77.8 Å². The minimum Gasteiger partial charge on any atom is -0.308 e. The Morgan fingerprint density at radius 3 is 2.67 bits per heavy atom. The molecule has 0 saturated carbocycles. The van der Waals surface area contributed by atoms with Gasteiger partial charge in [-0.15, -0.1) is 0 Å². The Balaban J connectivity index is 2.11. The zero-order chi connectivity index (χ0) is 18.3. The van der Waals surface area contributed by atoms with Gasteiger partial charge in [-0.1, -0.05) is 30.3 Å². The topological polar surface area (TPSA) is 12.6 Å². The van der Waals surface area contributed by atoms with Crippen LogP contribution in [0.2, 0.25) is 0 Å². The third kappa shape index (κ3) is 1.63. The van der Waals surface area contributed by atoms with Gasteiger partial charge in [0, 0.05) is 11.5 Å². The molecular weight excluding hydrogens is 330 g/mol. The second kappa shape index (κ2) is 4.75. The highest BCUT2D eigenvalue weighted by atomic mass is 15.0. The quantitative estimate of drug-likeness (QED) is 0.145. The molecule has 3 nitrogen and oxygen atoms in total. The van der Waals surface area contributed by atoms with Crippen molar-refractivity contribution in [2.45, 2.75) is 6.92 Å². The van der Waals surface area contributed by atoms with Crippen molar-refractivity contribution in [1.29, 1.82) is 0 Å². The highest BCUT2D eigenvalue weighted by Gasteiger charge is 2.23. The summed E-state index contributed by atoms with van der Waals surface area (Å²) in [6.45, 7) is 9.60. The van der Waals surface area contributed by atoms with Gasteiger partial charge >= 0.3 is 0 Å². The standard InChI is InChI=1S/C24H16N3/c1-14-7-9-17-18-13-16(25-2)8-10-19(18)27-20-6-4-5-15-11-12-26(3)24(22(15)20)21(14)23(17)27/h4-13H,1,3H3/q+1. The van der Waals surface area contributed by atoms with Gasteiger partial charge in [-0.3, -0.25) is 0 Å². The number of benzene rings is 3. The number of aromatic nitrogens is 2. The lowest BCUT2D eigenvalue weighted by atomic mass is 10.00. The van der Waals surface area contributed by atoms with Crippen LogP contribution in [-0.4, -0.2) is 4.40 Å². The average molecular weight is 346 g/mol. The molecule has 0 aliphatic carbocycles. The first kappa shape index (κ1) is 14.5. The zero-order valence-corrected chi connectivity index (χ0v) is 15.1. The summed E-state index contributed by atoms with van der Waals surface area (Å²) < 4.78 is 4.62. The lowest BCUT2D eigenvalue weighted by Crippen LogP contribution is -2.28. The first-order valence-electron chi connectivity index (χ1n) is 9.06. The van der Waals surface area contributed by atoms with E-state index >= 15 is 0 Å². The van der Waals surface area contributed by atoms with Crippen LogP contribution in [0.25, 0.3) is 53.8 Å². The predicted octanol–water partition coefficient (Wildman–Crippen LogP) is 5.67. The molecule has 6 rings (SSSR count). The van der Waals surface area contributed by atoms with Crippen molar-refractivity contribution in [2.75, 3.05) is 0 Å². The molecule has 0 amide bonds. The van der Waals surface area contributed by atoms with Crippen LogP contribution in [0.15, 0.2) is 60.8 Å². The Morgan fingerprint density at radius 2 is 1.81 bits per heavy atom. The fourth-order valence-electron chi connectivity index (χ4n) is 4.70. The molecule has 0 radical (unpaired) electrons. The Morgan fingerprint density at radius 1 is 0.926 bits per heavy atom. The number of hydrogen-bond donors (Lipinski definition) is 0. The summed E-state index contributed by atoms with van der Waals surface area (Å²) in [5, 5.41) is 6.19. The molecule has 0 atom stereocenters. The molecule has 0 N–H and O–H groups in total. The molecule has 3 heteroatoms. The Hall–Kier alpha value is -3.64. The molecular formula is C24H16N3+. The van der Waals surface area contributed by atoms with Gasteiger partial charge in [0.2, 0.25) is 5.52 Å². The van der Waals surface area contributed by atoms with E-state index in [2.05, 4.69) is 76.4 Å². The van der Waals surface area contributed by atoms with E-state index in [0.29, 0.717) is 5.69 Å². The fourth-order valence-corrected chi connectivity index (χ4v) is 4.70. The Bertz CT molecular complexity index is 1600. The summed E-state index contributed by atoms with van der Waals surface area (Å²) in [5.41, 5.74) is 6.85. The van der Waals surface area contributed by atoms with Gasteiger partial charge in [-0.2, -0.15) is 0 Å². The van der Waals surface area contributed by atoms with E-state index in [0.717, 1.165) is 10.9 Å². The number of fused-ring (bicyclic) bond motifs is 5. The monoisotopic (exact) mass is 346 g/mol. The van der Waals surface area contributed by atoms with E-state index in [-0.39, 0.29) is 0 Å². The van der Waals surface area contributed by atoms with E-state index in [9.17, 15) is 0 Å². The largest absolute Gasteiger partial charge is 0.308 e. The van der Waals surface area contributed by atoms with Crippen molar-refractivity contribution >= 4 is 54.7 Å². The van der Waals surface area contributed by atoms with Crippen LogP contribution in [0.3, 0.4) is 0 Å². The number of hydrogen-bond acceptors (Lipinski definition) is 0. The maximum Gasteiger partial charge on any atom is 0.224 e. The first-order chi connectivity index (χ1) is 13.2. The van der Waals surface area contributed by atoms with E-state index in [1.807, 2.05) is 12.1 Å². The Kier molecular flexibility index (Phi) is 2.55. The number of nitrogens with zero attached hydrogens (tertiary/aromatic N) is 3. The summed E-state index contributed by atoms with van der Waals surface area (Å²) in [6.07, 6.45) is 2.15. The summed E-state index contributed by atoms with van der Waals surface area (Å²) in [6, 6.07) is 19.2. The Labute approximate surface area is 155 Å². The van der Waals surface area contributed by atoms with Gasteiger partial charge in [0.25, 0.3) is 0 Å². The van der Waals surface area contributed by atoms with Gasteiger partial charge in [0.05, 0.1) is 33.9 Å². The summed E-state index contributed by atoms with van der Waals surface area (Å²) in [4.78, 5) is 3.65. The van der Waals surface area contributed by atoms with Crippen LogP contribution >= 0.6 is 0 Å². The smallest absolute Gasteiger partial charge is 0.224 e. The summed E-state index contributed by atoms with van der Waals surface area (Å²) >= 11 is 0. The SMILES string of the molecule is [C-]#[N+]c1ccc2c(c1)c1ccc(C)c3c1n2c1cccc2cc[n+](C)c3c21. The van der Waals surface area contributed by atoms with Gasteiger partial charge in [0.15, 0.2) is 11.9 Å². The molecule has 126 valence electrons. The first-order valence-corrected chi connectivity index (χ1v) is 9.06. The van der Waals surface area contributed by atoms with Crippen LogP contribution in [-0.2, 0) is 7.05 Å². The number of rotatable bonds is 0. The number of aryl methyl sites for hydroxylation is 2. The summed E-state index contributed by atoms with van der Waals surface area (Å²) in [7, 11) is 2.12. The van der Waals surface area contributed by atoms with Crippen LogP contribution in [0.4, 0.5) is 5.69 Å². The molecule has 0 bridgehead atoms. The minimum atomic E-state index is 0.684.